The molecule has 0 saturated heterocycles. The molecular weight excluding hydrogens is 218 g/mol. The number of nitrogens with zero attached hydrogens (tertiary/aromatic N) is 4. The molecule has 0 aliphatic rings. The van der Waals surface area contributed by atoms with Crippen molar-refractivity contribution in [3.63, 3.8) is 0 Å². The van der Waals surface area contributed by atoms with E-state index in [9.17, 15) is 0 Å². The van der Waals surface area contributed by atoms with Gasteiger partial charge in [-0.15, -0.1) is 0 Å². The second kappa shape index (κ2) is 4.45. The molecule has 0 spiro atoms. The molecule has 0 unspecified atom stereocenters. The zero-order valence-corrected chi connectivity index (χ0v) is 9.08. The minimum absolute atomic E-state index is 0.0780. The number of nitrogens with two attached hydrogens (primary N) is 1. The molecule has 1 aromatic heterocycles. The van der Waals surface area contributed by atoms with Crippen molar-refractivity contribution in [2.24, 2.45) is 0 Å². The van der Waals surface area contributed by atoms with Gasteiger partial charge in [-0.25, -0.2) is 0 Å². The summed E-state index contributed by atoms with van der Waals surface area (Å²) in [5, 5.41) is 8.81. The van der Waals surface area contributed by atoms with Gasteiger partial charge in [0.05, 0.1) is 18.7 Å². The highest BCUT2D eigenvalue weighted by Gasteiger charge is 2.07. The summed E-state index contributed by atoms with van der Waals surface area (Å²) in [6.07, 6.45) is 0. The van der Waals surface area contributed by atoms with Crippen molar-refractivity contribution in [1.82, 2.24) is 15.0 Å². The lowest BCUT2D eigenvalue weighted by molar-refractivity contribution is 0.379. The van der Waals surface area contributed by atoms with Gasteiger partial charge in [-0.2, -0.15) is 20.2 Å². The summed E-state index contributed by atoms with van der Waals surface area (Å²) >= 11 is 0. The number of aromatic nitrogens is 3. The Hall–Kier alpha value is -2.68. The number of hydrogen-bond donors (Lipinski definition) is 1. The fourth-order valence-corrected chi connectivity index (χ4v) is 1.32. The van der Waals surface area contributed by atoms with E-state index in [4.69, 9.17) is 15.7 Å². The van der Waals surface area contributed by atoms with E-state index in [0.717, 1.165) is 0 Å². The second-order valence-corrected chi connectivity index (χ2v) is 3.20. The summed E-state index contributed by atoms with van der Waals surface area (Å²) in [4.78, 5) is 11.8. The molecule has 1 heterocycles. The number of nitrogen functional groups attached to an aromatic ring is 1. The Morgan fingerprint density at radius 1 is 1.29 bits per heavy atom. The monoisotopic (exact) mass is 227 g/mol. The van der Waals surface area contributed by atoms with Crippen molar-refractivity contribution < 1.29 is 4.74 Å². The van der Waals surface area contributed by atoms with Crippen LogP contribution in [0.2, 0.25) is 0 Å². The highest BCUT2D eigenvalue weighted by Crippen LogP contribution is 2.18. The Morgan fingerprint density at radius 3 is 2.82 bits per heavy atom. The highest BCUT2D eigenvalue weighted by molar-refractivity contribution is 5.58. The lowest BCUT2D eigenvalue weighted by Gasteiger charge is -2.03. The quantitative estimate of drug-likeness (QED) is 0.821. The van der Waals surface area contributed by atoms with Gasteiger partial charge < -0.3 is 10.5 Å². The number of methoxy groups -OCH3 is 1. The molecule has 0 aliphatic heterocycles. The topological polar surface area (TPSA) is 97.7 Å². The lowest BCUT2D eigenvalue weighted by atomic mass is 10.1. The van der Waals surface area contributed by atoms with Crippen molar-refractivity contribution in [2.45, 2.75) is 0 Å². The Bertz CT molecular complexity index is 591. The largest absolute Gasteiger partial charge is 0.467 e. The zero-order chi connectivity index (χ0) is 12.3. The van der Waals surface area contributed by atoms with Gasteiger partial charge in [0.25, 0.3) is 0 Å². The Balaban J connectivity index is 2.52. The van der Waals surface area contributed by atoms with Crippen LogP contribution in [0.5, 0.6) is 6.01 Å². The first-order valence-electron chi connectivity index (χ1n) is 4.79. The van der Waals surface area contributed by atoms with Crippen molar-refractivity contribution in [3.05, 3.63) is 29.8 Å². The minimum atomic E-state index is 0.0780. The van der Waals surface area contributed by atoms with E-state index in [1.807, 2.05) is 6.07 Å². The summed E-state index contributed by atoms with van der Waals surface area (Å²) < 4.78 is 4.91. The molecular formula is C11H9N5O. The van der Waals surface area contributed by atoms with E-state index in [2.05, 4.69) is 15.0 Å². The van der Waals surface area contributed by atoms with Crippen molar-refractivity contribution in [3.8, 4) is 23.5 Å². The van der Waals surface area contributed by atoms with Crippen LogP contribution in [0, 0.1) is 11.3 Å². The standard InChI is InChI=1S/C11H9N5O/c1-17-11-15-9(14-10(13)16-11)8-4-2-3-7(5-8)6-12/h2-5H,1H3,(H2,13,14,15,16). The van der Waals surface area contributed by atoms with E-state index in [0.29, 0.717) is 17.0 Å². The van der Waals surface area contributed by atoms with Crippen LogP contribution in [0.4, 0.5) is 5.95 Å². The van der Waals surface area contributed by atoms with Gasteiger partial charge in [0.15, 0.2) is 5.82 Å². The first-order valence-corrected chi connectivity index (χ1v) is 4.79. The zero-order valence-electron chi connectivity index (χ0n) is 9.08. The average Bonchev–Trinajstić information content (AvgIpc) is 2.38. The molecule has 6 nitrogen and oxygen atoms in total. The van der Waals surface area contributed by atoms with Gasteiger partial charge >= 0.3 is 6.01 Å². The van der Waals surface area contributed by atoms with Crippen LogP contribution < -0.4 is 10.5 Å². The normalized spacial score (nSPS) is 9.65. The van der Waals surface area contributed by atoms with Gasteiger partial charge in [0, 0.05) is 5.56 Å². The van der Waals surface area contributed by atoms with Crippen LogP contribution in [-0.4, -0.2) is 22.1 Å². The maximum Gasteiger partial charge on any atom is 0.321 e. The first-order chi connectivity index (χ1) is 8.22. The molecule has 0 fully saturated rings. The van der Waals surface area contributed by atoms with Crippen LogP contribution in [0.1, 0.15) is 5.56 Å². The first kappa shape index (κ1) is 10.8. The molecule has 0 aliphatic carbocycles. The van der Waals surface area contributed by atoms with Crippen molar-refractivity contribution in [1.29, 1.82) is 5.26 Å². The number of ether oxygens (including phenoxy) is 1. The third-order valence-electron chi connectivity index (χ3n) is 2.06. The second-order valence-electron chi connectivity index (χ2n) is 3.20. The van der Waals surface area contributed by atoms with Gasteiger partial charge in [0.2, 0.25) is 5.95 Å². The van der Waals surface area contributed by atoms with Gasteiger partial charge in [0.1, 0.15) is 0 Å². The maximum atomic E-state index is 8.81. The van der Waals surface area contributed by atoms with E-state index >= 15 is 0 Å². The minimum Gasteiger partial charge on any atom is -0.467 e. The predicted octanol–water partition coefficient (Wildman–Crippen LogP) is 1.00. The molecule has 1 aromatic carbocycles. The molecule has 6 heteroatoms. The fraction of sp³-hybridized carbons (Fsp3) is 0.0909. The predicted molar refractivity (Wildman–Crippen MR) is 60.9 cm³/mol. The number of hydrogen-bond acceptors (Lipinski definition) is 6. The molecule has 0 bridgehead atoms. The molecule has 84 valence electrons. The van der Waals surface area contributed by atoms with Crippen molar-refractivity contribution >= 4 is 5.95 Å². The Kier molecular flexibility index (Phi) is 2.83. The van der Waals surface area contributed by atoms with Gasteiger partial charge in [-0.1, -0.05) is 12.1 Å². The van der Waals surface area contributed by atoms with E-state index in [1.54, 1.807) is 24.3 Å². The van der Waals surface area contributed by atoms with Crippen LogP contribution in [-0.2, 0) is 0 Å². The number of benzene rings is 1. The number of rotatable bonds is 2. The van der Waals surface area contributed by atoms with Crippen molar-refractivity contribution in [2.75, 3.05) is 12.8 Å². The van der Waals surface area contributed by atoms with Gasteiger partial charge in [-0.3, -0.25) is 0 Å². The number of anilines is 1. The van der Waals surface area contributed by atoms with Crippen LogP contribution in [0.25, 0.3) is 11.4 Å². The third-order valence-corrected chi connectivity index (χ3v) is 2.06. The van der Waals surface area contributed by atoms with E-state index in [-0.39, 0.29) is 12.0 Å². The maximum absolute atomic E-state index is 8.81. The van der Waals surface area contributed by atoms with Crippen LogP contribution >= 0.6 is 0 Å². The molecule has 0 saturated carbocycles. The number of nitriles is 1. The summed E-state index contributed by atoms with van der Waals surface area (Å²) in [5.74, 6) is 0.459. The SMILES string of the molecule is COc1nc(N)nc(-c2cccc(C#N)c2)n1. The van der Waals surface area contributed by atoms with Crippen LogP contribution in [0.15, 0.2) is 24.3 Å². The molecule has 17 heavy (non-hydrogen) atoms. The molecule has 0 amide bonds. The summed E-state index contributed by atoms with van der Waals surface area (Å²) in [5.41, 5.74) is 6.76. The third kappa shape index (κ3) is 2.29. The van der Waals surface area contributed by atoms with Gasteiger partial charge in [-0.05, 0) is 12.1 Å². The van der Waals surface area contributed by atoms with Crippen LogP contribution in [0.3, 0.4) is 0 Å². The van der Waals surface area contributed by atoms with E-state index < -0.39 is 0 Å². The molecule has 2 rings (SSSR count). The summed E-state index contributed by atoms with van der Waals surface area (Å²) in [7, 11) is 1.45. The summed E-state index contributed by atoms with van der Waals surface area (Å²) in [6, 6.07) is 9.11. The molecule has 0 radical (unpaired) electrons. The fourth-order valence-electron chi connectivity index (χ4n) is 1.32. The molecule has 0 atom stereocenters. The Morgan fingerprint density at radius 2 is 2.12 bits per heavy atom. The Labute approximate surface area is 97.7 Å². The summed E-state index contributed by atoms with van der Waals surface area (Å²) in [6.45, 7) is 0. The highest BCUT2D eigenvalue weighted by atomic mass is 16.5. The molecule has 2 N–H and O–H groups in total. The average molecular weight is 227 g/mol. The smallest absolute Gasteiger partial charge is 0.321 e. The lowest BCUT2D eigenvalue weighted by Crippen LogP contribution is -2.02. The van der Waals surface area contributed by atoms with E-state index in [1.165, 1.54) is 7.11 Å². The molecule has 2 aromatic rings.